The maximum atomic E-state index is 13.1. The minimum absolute atomic E-state index is 0.0156. The van der Waals surface area contributed by atoms with Gasteiger partial charge in [-0.2, -0.15) is 8.42 Å². The number of nitrogens with zero attached hydrogens (tertiary/aromatic N) is 2. The molecule has 124 valence electrons. The molecule has 8 nitrogen and oxygen atoms in total. The van der Waals surface area contributed by atoms with Crippen LogP contribution in [0.3, 0.4) is 0 Å². The van der Waals surface area contributed by atoms with Crippen molar-refractivity contribution in [3.05, 3.63) is 40.1 Å². The first-order chi connectivity index (χ1) is 10.6. The first-order valence-electron chi connectivity index (χ1n) is 6.44. The maximum Gasteiger partial charge on any atom is 0.341 e. The zero-order valence-corrected chi connectivity index (χ0v) is 12.7. The van der Waals surface area contributed by atoms with E-state index >= 15 is 0 Å². The molecule has 0 spiro atoms. The summed E-state index contributed by atoms with van der Waals surface area (Å²) in [5, 5.41) is 9.01. The molecule has 0 saturated heterocycles. The van der Waals surface area contributed by atoms with Crippen LogP contribution in [-0.2, 0) is 10.1 Å². The molecule has 0 amide bonds. The Hall–Kier alpha value is -2.33. The number of aromatic carboxylic acids is 1. The van der Waals surface area contributed by atoms with E-state index in [1.165, 1.54) is 6.20 Å². The van der Waals surface area contributed by atoms with E-state index < -0.39 is 27.3 Å². The summed E-state index contributed by atoms with van der Waals surface area (Å²) in [5.74, 6) is -1.95. The molecule has 2 aromatic heterocycles. The first-order valence-corrected chi connectivity index (χ1v) is 8.29. The lowest BCUT2D eigenvalue weighted by Gasteiger charge is -2.09. The summed E-state index contributed by atoms with van der Waals surface area (Å²) < 4.78 is 40.7. The number of aromatic nitrogens is 2. The summed E-state index contributed by atoms with van der Waals surface area (Å²) in [6, 6.07) is 1.19. The Bertz CT molecular complexity index is 925. The lowest BCUT2D eigenvalue weighted by Crippen LogP contribution is -2.19. The summed E-state index contributed by atoms with van der Waals surface area (Å²) in [5.41, 5.74) is -0.697. The van der Waals surface area contributed by atoms with Crippen LogP contribution < -0.4 is 5.43 Å². The van der Waals surface area contributed by atoms with Gasteiger partial charge in [-0.15, -0.1) is 0 Å². The van der Waals surface area contributed by atoms with Crippen molar-refractivity contribution < 1.29 is 27.3 Å². The van der Waals surface area contributed by atoms with Crippen LogP contribution >= 0.6 is 0 Å². The molecule has 1 aliphatic rings. The highest BCUT2D eigenvalue weighted by Crippen LogP contribution is 2.36. The van der Waals surface area contributed by atoms with Crippen LogP contribution in [0, 0.1) is 5.82 Å². The Balaban J connectivity index is 0.000000338. The van der Waals surface area contributed by atoms with Crippen molar-refractivity contribution in [3.63, 3.8) is 0 Å². The van der Waals surface area contributed by atoms with Gasteiger partial charge in [-0.05, 0) is 18.9 Å². The van der Waals surface area contributed by atoms with E-state index in [9.17, 15) is 22.4 Å². The monoisotopic (exact) mass is 344 g/mol. The standard InChI is InChI=1S/C12H9FN2O3.CH4O3S/c13-6-3-8-10(16)9(12(17)18)5-15(7-1-2-7)11(8)14-4-6;1-5(2,3)4/h3-5,7H,1-2H2,(H,17,18);1H3,(H,2,3,4). The van der Waals surface area contributed by atoms with Crippen LogP contribution in [0.4, 0.5) is 4.39 Å². The molecule has 0 unspecified atom stereocenters. The zero-order valence-electron chi connectivity index (χ0n) is 11.9. The predicted octanol–water partition coefficient (Wildman–Crippen LogP) is 1.07. The van der Waals surface area contributed by atoms with E-state index in [0.29, 0.717) is 11.9 Å². The van der Waals surface area contributed by atoms with E-state index in [-0.39, 0.29) is 17.0 Å². The third kappa shape index (κ3) is 4.33. The number of rotatable bonds is 2. The maximum absolute atomic E-state index is 13.1. The Morgan fingerprint density at radius 1 is 1.43 bits per heavy atom. The number of hydrogen-bond donors (Lipinski definition) is 2. The second-order valence-electron chi connectivity index (χ2n) is 5.07. The van der Waals surface area contributed by atoms with Gasteiger partial charge in [-0.3, -0.25) is 9.35 Å². The number of halogens is 1. The summed E-state index contributed by atoms with van der Waals surface area (Å²) in [7, 11) is -3.67. The van der Waals surface area contributed by atoms with E-state index in [1.54, 1.807) is 4.57 Å². The molecule has 2 N–H and O–H groups in total. The first kappa shape index (κ1) is 17.0. The molecule has 0 radical (unpaired) electrons. The molecule has 23 heavy (non-hydrogen) atoms. The predicted molar refractivity (Wildman–Crippen MR) is 78.7 cm³/mol. The molecule has 3 rings (SSSR count). The molecule has 1 fully saturated rings. The Morgan fingerprint density at radius 3 is 2.48 bits per heavy atom. The molecule has 1 aliphatic carbocycles. The second-order valence-corrected chi connectivity index (χ2v) is 6.54. The topological polar surface area (TPSA) is 127 Å². The normalized spacial score (nSPS) is 14.2. The van der Waals surface area contributed by atoms with Crippen LogP contribution in [0.1, 0.15) is 29.2 Å². The van der Waals surface area contributed by atoms with E-state index in [4.69, 9.17) is 9.66 Å². The fourth-order valence-electron chi connectivity index (χ4n) is 1.99. The average molecular weight is 344 g/mol. The van der Waals surface area contributed by atoms with Crippen LogP contribution in [0.5, 0.6) is 0 Å². The minimum atomic E-state index is -3.67. The molecule has 10 heteroatoms. The van der Waals surface area contributed by atoms with Gasteiger partial charge in [0, 0.05) is 12.2 Å². The van der Waals surface area contributed by atoms with Crippen molar-refractivity contribution in [1.29, 1.82) is 0 Å². The molecule has 0 atom stereocenters. The summed E-state index contributed by atoms with van der Waals surface area (Å²) in [6.07, 6.45) is 4.87. The molecule has 0 aliphatic heterocycles. The van der Waals surface area contributed by atoms with Gasteiger partial charge in [-0.1, -0.05) is 0 Å². The fraction of sp³-hybridized carbons (Fsp3) is 0.308. The number of carbonyl (C=O) groups is 1. The molecular weight excluding hydrogens is 331 g/mol. The molecular formula is C13H13FN2O6S. The highest BCUT2D eigenvalue weighted by molar-refractivity contribution is 7.85. The summed E-state index contributed by atoms with van der Waals surface area (Å²) in [6.45, 7) is 0. The van der Waals surface area contributed by atoms with E-state index in [1.807, 2.05) is 0 Å². The van der Waals surface area contributed by atoms with Crippen molar-refractivity contribution in [2.75, 3.05) is 6.26 Å². The van der Waals surface area contributed by atoms with Crippen LogP contribution in [0.2, 0.25) is 0 Å². The number of fused-ring (bicyclic) bond motifs is 1. The van der Waals surface area contributed by atoms with Crippen molar-refractivity contribution in [1.82, 2.24) is 9.55 Å². The SMILES string of the molecule is CS(=O)(=O)O.O=C(O)c1cn(C2CC2)c2ncc(F)cc2c1=O. The number of hydrogen-bond acceptors (Lipinski definition) is 5. The van der Waals surface area contributed by atoms with Gasteiger partial charge in [0.25, 0.3) is 10.1 Å². The third-order valence-electron chi connectivity index (χ3n) is 3.01. The summed E-state index contributed by atoms with van der Waals surface area (Å²) >= 11 is 0. The van der Waals surface area contributed by atoms with Crippen molar-refractivity contribution in [3.8, 4) is 0 Å². The molecule has 0 aromatic carbocycles. The number of pyridine rings is 2. The van der Waals surface area contributed by atoms with Crippen LogP contribution in [-0.4, -0.2) is 39.9 Å². The Labute approximate surface area is 129 Å². The largest absolute Gasteiger partial charge is 0.477 e. The van der Waals surface area contributed by atoms with Gasteiger partial charge in [0.15, 0.2) is 0 Å². The minimum Gasteiger partial charge on any atom is -0.477 e. The van der Waals surface area contributed by atoms with Gasteiger partial charge in [0.1, 0.15) is 17.0 Å². The quantitative estimate of drug-likeness (QED) is 0.780. The smallest absolute Gasteiger partial charge is 0.341 e. The molecule has 1 saturated carbocycles. The van der Waals surface area contributed by atoms with Crippen LogP contribution in [0.25, 0.3) is 11.0 Å². The highest BCUT2D eigenvalue weighted by Gasteiger charge is 2.27. The number of carboxylic acid groups (broad SMARTS) is 1. The van der Waals surface area contributed by atoms with Gasteiger partial charge in [0.2, 0.25) is 5.43 Å². The van der Waals surface area contributed by atoms with Gasteiger partial charge in [0.05, 0.1) is 17.8 Å². The number of carboxylic acids is 1. The van der Waals surface area contributed by atoms with Gasteiger partial charge < -0.3 is 9.67 Å². The fourth-order valence-corrected chi connectivity index (χ4v) is 1.99. The van der Waals surface area contributed by atoms with Gasteiger partial charge >= 0.3 is 5.97 Å². The molecule has 0 bridgehead atoms. The highest BCUT2D eigenvalue weighted by atomic mass is 32.2. The molecule has 2 aromatic rings. The lowest BCUT2D eigenvalue weighted by molar-refractivity contribution is 0.0694. The van der Waals surface area contributed by atoms with Crippen molar-refractivity contribution >= 4 is 27.1 Å². The van der Waals surface area contributed by atoms with Gasteiger partial charge in [-0.25, -0.2) is 14.2 Å². The van der Waals surface area contributed by atoms with Crippen molar-refractivity contribution in [2.45, 2.75) is 18.9 Å². The molecule has 2 heterocycles. The second kappa shape index (κ2) is 6.05. The van der Waals surface area contributed by atoms with Crippen molar-refractivity contribution in [2.24, 2.45) is 0 Å². The Kier molecular flexibility index (Phi) is 4.48. The van der Waals surface area contributed by atoms with Crippen LogP contribution in [0.15, 0.2) is 23.3 Å². The lowest BCUT2D eigenvalue weighted by atomic mass is 10.2. The van der Waals surface area contributed by atoms with E-state index in [2.05, 4.69) is 4.98 Å². The average Bonchev–Trinajstić information content (AvgIpc) is 3.21. The zero-order chi connectivity index (χ0) is 17.4. The Morgan fingerprint density at radius 2 is 2.00 bits per heavy atom. The van der Waals surface area contributed by atoms with E-state index in [0.717, 1.165) is 25.1 Å². The summed E-state index contributed by atoms with van der Waals surface area (Å²) in [4.78, 5) is 26.8. The third-order valence-corrected chi connectivity index (χ3v) is 3.01.